The second kappa shape index (κ2) is 12.6. The molecule has 0 unspecified atom stereocenters. The maximum Gasteiger partial charge on any atom is 0.338 e. The highest BCUT2D eigenvalue weighted by atomic mass is 35.5. The van der Waals surface area contributed by atoms with Gasteiger partial charge >= 0.3 is 5.97 Å². The molecule has 0 radical (unpaired) electrons. The predicted octanol–water partition coefficient (Wildman–Crippen LogP) is 5.77. The first kappa shape index (κ1) is 27.3. The highest BCUT2D eigenvalue weighted by Crippen LogP contribution is 2.27. The third-order valence-electron chi connectivity index (χ3n) is 4.81. The first-order valence-electron chi connectivity index (χ1n) is 11.0. The average molecular weight is 551 g/mol. The van der Waals surface area contributed by atoms with Crippen molar-refractivity contribution in [2.45, 2.75) is 24.7 Å². The Kier molecular flexibility index (Phi) is 9.58. The number of unbranched alkanes of at least 4 members (excludes halogenated alkanes) is 1. The Morgan fingerprint density at radius 1 is 0.889 bits per heavy atom. The molecule has 0 aliphatic carbocycles. The number of rotatable bonds is 11. The smallest absolute Gasteiger partial charge is 0.338 e. The van der Waals surface area contributed by atoms with E-state index in [4.69, 9.17) is 32.7 Å². The molecule has 36 heavy (non-hydrogen) atoms. The zero-order valence-corrected chi connectivity index (χ0v) is 21.6. The number of nitrogens with one attached hydrogen (secondary N) is 2. The lowest BCUT2D eigenvalue weighted by Crippen LogP contribution is -2.20. The van der Waals surface area contributed by atoms with Crippen LogP contribution in [-0.4, -0.2) is 33.5 Å². The van der Waals surface area contributed by atoms with Crippen LogP contribution in [0.5, 0.6) is 5.75 Å². The molecule has 190 valence electrons. The number of carbonyl (C=O) groups is 2. The summed E-state index contributed by atoms with van der Waals surface area (Å²) in [6.45, 7) is 2.08. The second-order valence-electron chi connectivity index (χ2n) is 7.61. The molecule has 0 saturated carbocycles. The summed E-state index contributed by atoms with van der Waals surface area (Å²) < 4.78 is 38.2. The Bertz CT molecular complexity index is 1310. The van der Waals surface area contributed by atoms with E-state index in [1.165, 1.54) is 42.5 Å². The molecule has 0 fully saturated rings. The molecule has 0 aromatic heterocycles. The number of sulfonamides is 1. The molecular formula is C25H24Cl2N2O6S. The summed E-state index contributed by atoms with van der Waals surface area (Å²) in [5.74, 6) is -0.530. The van der Waals surface area contributed by atoms with Crippen LogP contribution < -0.4 is 14.8 Å². The van der Waals surface area contributed by atoms with Crippen LogP contribution in [0.25, 0.3) is 0 Å². The van der Waals surface area contributed by atoms with Crippen molar-refractivity contribution in [1.29, 1.82) is 0 Å². The number of ether oxygens (including phenoxy) is 2. The summed E-state index contributed by atoms with van der Waals surface area (Å²) in [6.07, 6.45) is 1.73. The monoisotopic (exact) mass is 550 g/mol. The Balaban J connectivity index is 1.51. The highest BCUT2D eigenvalue weighted by Gasteiger charge is 2.15. The molecule has 8 nitrogen and oxygen atoms in total. The van der Waals surface area contributed by atoms with E-state index in [1.807, 2.05) is 6.92 Å². The first-order valence-corrected chi connectivity index (χ1v) is 13.2. The topological polar surface area (TPSA) is 111 Å². The molecule has 2 N–H and O–H groups in total. The van der Waals surface area contributed by atoms with Crippen LogP contribution in [0, 0.1) is 0 Å². The molecular weight excluding hydrogens is 527 g/mol. The molecule has 0 aliphatic heterocycles. The third kappa shape index (κ3) is 7.87. The van der Waals surface area contributed by atoms with Crippen molar-refractivity contribution in [2.75, 3.05) is 23.3 Å². The SMILES string of the molecule is CCCCOC(=O)c1ccc(NC(=O)COc2ccc(S(=O)(=O)Nc3ccc(Cl)c(Cl)c3)cc2)cc1. The van der Waals surface area contributed by atoms with Gasteiger partial charge in [0.25, 0.3) is 15.9 Å². The van der Waals surface area contributed by atoms with Crippen molar-refractivity contribution in [1.82, 2.24) is 0 Å². The van der Waals surface area contributed by atoms with Gasteiger partial charge in [0.2, 0.25) is 0 Å². The number of benzene rings is 3. The van der Waals surface area contributed by atoms with Crippen molar-refractivity contribution in [3.63, 3.8) is 0 Å². The van der Waals surface area contributed by atoms with Gasteiger partial charge in [0, 0.05) is 5.69 Å². The minimum Gasteiger partial charge on any atom is -0.484 e. The zero-order valence-electron chi connectivity index (χ0n) is 19.3. The van der Waals surface area contributed by atoms with Gasteiger partial charge in [-0.3, -0.25) is 9.52 Å². The van der Waals surface area contributed by atoms with Gasteiger partial charge in [-0.25, -0.2) is 13.2 Å². The third-order valence-corrected chi connectivity index (χ3v) is 6.95. The van der Waals surface area contributed by atoms with Gasteiger partial charge in [0.05, 0.1) is 32.8 Å². The fourth-order valence-electron chi connectivity index (χ4n) is 2.92. The van der Waals surface area contributed by atoms with E-state index in [0.717, 1.165) is 12.8 Å². The Morgan fingerprint density at radius 3 is 2.19 bits per heavy atom. The van der Waals surface area contributed by atoms with Crippen LogP contribution in [0.2, 0.25) is 10.0 Å². The highest BCUT2D eigenvalue weighted by molar-refractivity contribution is 7.92. The minimum absolute atomic E-state index is 0.00122. The summed E-state index contributed by atoms with van der Waals surface area (Å²) in [5.41, 5.74) is 1.15. The number of carbonyl (C=O) groups excluding carboxylic acids is 2. The molecule has 1 amide bonds. The number of halogens is 2. The van der Waals surface area contributed by atoms with Crippen molar-refractivity contribution in [3.05, 3.63) is 82.3 Å². The Hall–Kier alpha value is -3.27. The van der Waals surface area contributed by atoms with Crippen molar-refractivity contribution < 1.29 is 27.5 Å². The lowest BCUT2D eigenvalue weighted by Gasteiger charge is -2.11. The molecule has 0 saturated heterocycles. The average Bonchev–Trinajstić information content (AvgIpc) is 2.85. The van der Waals surface area contributed by atoms with Gasteiger partial charge in [-0.2, -0.15) is 0 Å². The minimum atomic E-state index is -3.87. The largest absolute Gasteiger partial charge is 0.484 e. The zero-order chi connectivity index (χ0) is 26.1. The molecule has 0 atom stereocenters. The van der Waals surface area contributed by atoms with E-state index in [-0.39, 0.29) is 22.2 Å². The number of esters is 1. The van der Waals surface area contributed by atoms with Gasteiger partial charge < -0.3 is 14.8 Å². The second-order valence-corrected chi connectivity index (χ2v) is 10.1. The number of hydrogen-bond donors (Lipinski definition) is 2. The maximum atomic E-state index is 12.6. The van der Waals surface area contributed by atoms with Gasteiger partial charge in [0.1, 0.15) is 5.75 Å². The normalized spacial score (nSPS) is 11.0. The number of amides is 1. The van der Waals surface area contributed by atoms with Gasteiger partial charge in [-0.1, -0.05) is 36.5 Å². The summed E-state index contributed by atoms with van der Waals surface area (Å²) in [4.78, 5) is 24.1. The van der Waals surface area contributed by atoms with Crippen LogP contribution >= 0.6 is 23.2 Å². The molecule has 3 aromatic rings. The fourth-order valence-corrected chi connectivity index (χ4v) is 4.26. The lowest BCUT2D eigenvalue weighted by molar-refractivity contribution is -0.118. The summed E-state index contributed by atoms with van der Waals surface area (Å²) in [5, 5.41) is 3.19. The van der Waals surface area contributed by atoms with E-state index in [1.54, 1.807) is 24.3 Å². The molecule has 0 spiro atoms. The molecule has 3 rings (SSSR count). The molecule has 0 bridgehead atoms. The molecule has 11 heteroatoms. The van der Waals surface area contributed by atoms with E-state index < -0.39 is 21.9 Å². The van der Waals surface area contributed by atoms with Gasteiger partial charge in [0.15, 0.2) is 6.61 Å². The Labute approximate surface area is 219 Å². The predicted molar refractivity (Wildman–Crippen MR) is 139 cm³/mol. The first-order chi connectivity index (χ1) is 17.2. The van der Waals surface area contributed by atoms with Crippen LogP contribution in [0.3, 0.4) is 0 Å². The molecule has 0 aliphatic rings. The van der Waals surface area contributed by atoms with E-state index in [9.17, 15) is 18.0 Å². The number of hydrogen-bond acceptors (Lipinski definition) is 6. The lowest BCUT2D eigenvalue weighted by atomic mass is 10.2. The van der Waals surface area contributed by atoms with Crippen LogP contribution in [-0.2, 0) is 19.6 Å². The van der Waals surface area contributed by atoms with Crippen LogP contribution in [0.4, 0.5) is 11.4 Å². The van der Waals surface area contributed by atoms with Crippen molar-refractivity contribution in [3.8, 4) is 5.75 Å². The van der Waals surface area contributed by atoms with Crippen molar-refractivity contribution >= 4 is 56.5 Å². The summed E-state index contributed by atoms with van der Waals surface area (Å²) >= 11 is 11.8. The van der Waals surface area contributed by atoms with Gasteiger partial charge in [-0.05, 0) is 73.2 Å². The van der Waals surface area contributed by atoms with E-state index >= 15 is 0 Å². The summed E-state index contributed by atoms with van der Waals surface area (Å²) in [6, 6.07) is 16.3. The quantitative estimate of drug-likeness (QED) is 0.231. The van der Waals surface area contributed by atoms with Gasteiger partial charge in [-0.15, -0.1) is 0 Å². The Morgan fingerprint density at radius 2 is 1.56 bits per heavy atom. The standard InChI is InChI=1S/C25H24Cl2N2O6S/c1-2-3-14-34-25(31)17-4-6-18(7-5-17)28-24(30)16-35-20-9-11-21(12-10-20)36(32,33)29-19-8-13-22(26)23(27)15-19/h4-13,15,29H,2-3,14,16H2,1H3,(H,28,30). The fraction of sp³-hybridized carbons (Fsp3) is 0.200. The van der Waals surface area contributed by atoms with Crippen LogP contribution in [0.15, 0.2) is 71.6 Å². The van der Waals surface area contributed by atoms with Crippen LogP contribution in [0.1, 0.15) is 30.1 Å². The molecule has 3 aromatic carbocycles. The van der Waals surface area contributed by atoms with E-state index in [2.05, 4.69) is 10.0 Å². The molecule has 0 heterocycles. The van der Waals surface area contributed by atoms with Crippen molar-refractivity contribution in [2.24, 2.45) is 0 Å². The maximum absolute atomic E-state index is 12.6. The summed E-state index contributed by atoms with van der Waals surface area (Å²) in [7, 11) is -3.87. The number of anilines is 2. The van der Waals surface area contributed by atoms with E-state index in [0.29, 0.717) is 28.6 Å².